The number of benzene rings is 1. The van der Waals surface area contributed by atoms with E-state index >= 15 is 0 Å². The van der Waals surface area contributed by atoms with Crippen molar-refractivity contribution in [3.63, 3.8) is 0 Å². The van der Waals surface area contributed by atoms with Gasteiger partial charge in [0.05, 0.1) is 18.2 Å². The van der Waals surface area contributed by atoms with Gasteiger partial charge in [-0.05, 0) is 57.8 Å². The van der Waals surface area contributed by atoms with Gasteiger partial charge in [-0.3, -0.25) is 14.5 Å². The highest BCUT2D eigenvalue weighted by atomic mass is 16.5. The summed E-state index contributed by atoms with van der Waals surface area (Å²) in [4.78, 5) is 31.5. The van der Waals surface area contributed by atoms with Crippen LogP contribution in [0.3, 0.4) is 0 Å². The first kappa shape index (κ1) is 25.5. The fraction of sp³-hybridized carbons (Fsp3) is 0.680. The highest BCUT2D eigenvalue weighted by Gasteiger charge is 2.31. The summed E-state index contributed by atoms with van der Waals surface area (Å²) in [5.74, 6) is 1.31. The van der Waals surface area contributed by atoms with Gasteiger partial charge in [0, 0.05) is 51.6 Å². The summed E-state index contributed by atoms with van der Waals surface area (Å²) in [5, 5.41) is 2.90. The number of amides is 2. The van der Waals surface area contributed by atoms with Crippen LogP contribution in [0.2, 0.25) is 0 Å². The Morgan fingerprint density at radius 3 is 2.61 bits per heavy atom. The summed E-state index contributed by atoms with van der Waals surface area (Å²) in [5.41, 5.74) is 1.11. The van der Waals surface area contributed by atoms with Crippen molar-refractivity contribution in [1.29, 1.82) is 0 Å². The van der Waals surface area contributed by atoms with E-state index in [0.29, 0.717) is 30.2 Å². The molecule has 0 radical (unpaired) electrons. The van der Waals surface area contributed by atoms with Crippen molar-refractivity contribution in [1.82, 2.24) is 14.7 Å². The SMILES string of the molecule is CO[C@@H]1CN(C)C(=O)c2ccc(NC(=O)CN(C)C)cc2OC[C@@H](C)N(CC2CC2)C[C@H]1C. The molecule has 1 aliphatic heterocycles. The summed E-state index contributed by atoms with van der Waals surface area (Å²) in [6.07, 6.45) is 2.53. The molecule has 3 rings (SSSR count). The van der Waals surface area contributed by atoms with E-state index in [1.807, 2.05) is 14.1 Å². The largest absolute Gasteiger partial charge is 0.491 e. The number of methoxy groups -OCH3 is 1. The van der Waals surface area contributed by atoms with Gasteiger partial charge in [-0.25, -0.2) is 0 Å². The van der Waals surface area contributed by atoms with E-state index in [1.54, 1.807) is 42.2 Å². The molecule has 2 aliphatic rings. The lowest BCUT2D eigenvalue weighted by molar-refractivity contribution is -0.116. The Bertz CT molecular complexity index is 827. The number of carbonyl (C=O) groups excluding carboxylic acids is 2. The van der Waals surface area contributed by atoms with E-state index in [9.17, 15) is 9.59 Å². The first-order chi connectivity index (χ1) is 15.7. The van der Waals surface area contributed by atoms with Crippen LogP contribution < -0.4 is 10.1 Å². The Kier molecular flexibility index (Phi) is 8.73. The number of anilines is 1. The van der Waals surface area contributed by atoms with E-state index in [0.717, 1.165) is 19.0 Å². The number of hydrogen-bond acceptors (Lipinski definition) is 6. The molecule has 184 valence electrons. The Hall–Kier alpha value is -2.16. The minimum Gasteiger partial charge on any atom is -0.491 e. The fourth-order valence-electron chi connectivity index (χ4n) is 4.30. The second-order valence-corrected chi connectivity index (χ2v) is 9.99. The van der Waals surface area contributed by atoms with Crippen LogP contribution in [0.5, 0.6) is 5.75 Å². The summed E-state index contributed by atoms with van der Waals surface area (Å²) in [6.45, 7) is 7.59. The molecule has 3 atom stereocenters. The van der Waals surface area contributed by atoms with Crippen molar-refractivity contribution in [2.24, 2.45) is 11.8 Å². The van der Waals surface area contributed by atoms with Gasteiger partial charge in [0.1, 0.15) is 12.4 Å². The van der Waals surface area contributed by atoms with Crippen LogP contribution in [0.25, 0.3) is 0 Å². The van der Waals surface area contributed by atoms with Gasteiger partial charge in [-0.1, -0.05) is 6.92 Å². The van der Waals surface area contributed by atoms with Gasteiger partial charge in [0.2, 0.25) is 5.91 Å². The van der Waals surface area contributed by atoms with Gasteiger partial charge < -0.3 is 24.6 Å². The standard InChI is InChI=1S/C25H40N4O4/c1-17-12-29(13-19-7-8-19)18(2)16-33-22-11-20(26-24(30)15-27(3)4)9-10-21(22)25(31)28(5)14-23(17)32-6/h9-11,17-19,23H,7-8,12-16H2,1-6H3,(H,26,30)/t17-,18-,23-/m1/s1. The van der Waals surface area contributed by atoms with E-state index < -0.39 is 0 Å². The van der Waals surface area contributed by atoms with Crippen LogP contribution >= 0.6 is 0 Å². The molecule has 1 heterocycles. The normalized spacial score (nSPS) is 25.1. The number of ether oxygens (including phenoxy) is 2. The van der Waals surface area contributed by atoms with Crippen molar-refractivity contribution in [2.75, 3.05) is 66.4 Å². The molecular weight excluding hydrogens is 420 g/mol. The molecular formula is C25H40N4O4. The van der Waals surface area contributed by atoms with Crippen molar-refractivity contribution >= 4 is 17.5 Å². The topological polar surface area (TPSA) is 74.3 Å². The summed E-state index contributed by atoms with van der Waals surface area (Å²) in [6, 6.07) is 5.45. The molecule has 2 amide bonds. The summed E-state index contributed by atoms with van der Waals surface area (Å²) >= 11 is 0. The van der Waals surface area contributed by atoms with Crippen LogP contribution in [-0.4, -0.2) is 99.7 Å². The zero-order chi connectivity index (χ0) is 24.1. The molecule has 1 aliphatic carbocycles. The number of carbonyl (C=O) groups is 2. The highest BCUT2D eigenvalue weighted by Crippen LogP contribution is 2.32. The predicted molar refractivity (Wildman–Crippen MR) is 130 cm³/mol. The van der Waals surface area contributed by atoms with Gasteiger partial charge >= 0.3 is 0 Å². The Morgan fingerprint density at radius 1 is 1.24 bits per heavy atom. The van der Waals surface area contributed by atoms with E-state index in [1.165, 1.54) is 12.8 Å². The molecule has 0 spiro atoms. The Balaban J connectivity index is 1.88. The maximum Gasteiger partial charge on any atom is 0.257 e. The lowest BCUT2D eigenvalue weighted by Gasteiger charge is -2.36. The molecule has 1 saturated carbocycles. The third-order valence-corrected chi connectivity index (χ3v) is 6.51. The minimum atomic E-state index is -0.117. The van der Waals surface area contributed by atoms with E-state index in [4.69, 9.17) is 9.47 Å². The van der Waals surface area contributed by atoms with Crippen molar-refractivity contribution in [3.05, 3.63) is 23.8 Å². The van der Waals surface area contributed by atoms with Gasteiger partial charge in [0.25, 0.3) is 5.91 Å². The number of nitrogens with zero attached hydrogens (tertiary/aromatic N) is 3. The molecule has 1 aromatic carbocycles. The highest BCUT2D eigenvalue weighted by molar-refractivity contribution is 5.98. The van der Waals surface area contributed by atoms with Gasteiger partial charge in [0.15, 0.2) is 0 Å². The summed E-state index contributed by atoms with van der Waals surface area (Å²) < 4.78 is 12.0. The van der Waals surface area contributed by atoms with Crippen LogP contribution in [0.15, 0.2) is 18.2 Å². The number of likely N-dealkylation sites (N-methyl/N-ethyl adjacent to an activating group) is 2. The molecule has 1 fully saturated rings. The maximum atomic E-state index is 13.3. The molecule has 8 heteroatoms. The predicted octanol–water partition coefficient (Wildman–Crippen LogP) is 2.40. The molecule has 0 aromatic heterocycles. The molecule has 0 bridgehead atoms. The lowest BCUT2D eigenvalue weighted by atomic mass is 10.0. The minimum absolute atomic E-state index is 0.0544. The average molecular weight is 461 g/mol. The first-order valence-corrected chi connectivity index (χ1v) is 11.9. The Labute approximate surface area is 198 Å². The number of rotatable bonds is 6. The average Bonchev–Trinajstić information content (AvgIpc) is 3.57. The van der Waals surface area contributed by atoms with Crippen LogP contribution in [-0.2, 0) is 9.53 Å². The second-order valence-electron chi connectivity index (χ2n) is 9.99. The van der Waals surface area contributed by atoms with Gasteiger partial charge in [-0.2, -0.15) is 0 Å². The molecule has 0 unspecified atom stereocenters. The Morgan fingerprint density at radius 2 is 1.97 bits per heavy atom. The third kappa shape index (κ3) is 7.16. The quantitative estimate of drug-likeness (QED) is 0.703. The van der Waals surface area contributed by atoms with Crippen LogP contribution in [0.1, 0.15) is 37.0 Å². The summed E-state index contributed by atoms with van der Waals surface area (Å²) in [7, 11) is 7.21. The van der Waals surface area contributed by atoms with Crippen molar-refractivity contribution in [3.8, 4) is 5.75 Å². The van der Waals surface area contributed by atoms with Crippen LogP contribution in [0, 0.1) is 11.8 Å². The number of fused-ring (bicyclic) bond motifs is 1. The zero-order valence-electron chi connectivity index (χ0n) is 21.0. The number of hydrogen-bond donors (Lipinski definition) is 1. The molecule has 33 heavy (non-hydrogen) atoms. The van der Waals surface area contributed by atoms with E-state index in [2.05, 4.69) is 24.1 Å². The van der Waals surface area contributed by atoms with Crippen LogP contribution in [0.4, 0.5) is 5.69 Å². The first-order valence-electron chi connectivity index (χ1n) is 11.9. The van der Waals surface area contributed by atoms with Crippen molar-refractivity contribution < 1.29 is 19.1 Å². The molecule has 8 nitrogen and oxygen atoms in total. The van der Waals surface area contributed by atoms with Crippen molar-refractivity contribution in [2.45, 2.75) is 38.8 Å². The van der Waals surface area contributed by atoms with E-state index in [-0.39, 0.29) is 36.4 Å². The maximum absolute atomic E-state index is 13.3. The monoisotopic (exact) mass is 460 g/mol. The third-order valence-electron chi connectivity index (χ3n) is 6.51. The zero-order valence-corrected chi connectivity index (χ0v) is 21.0. The molecule has 1 aromatic rings. The number of nitrogens with one attached hydrogen (secondary N) is 1. The second kappa shape index (κ2) is 11.3. The lowest BCUT2D eigenvalue weighted by Crippen LogP contribution is -2.47. The molecule has 0 saturated heterocycles. The smallest absolute Gasteiger partial charge is 0.257 e. The molecule has 1 N–H and O–H groups in total. The fourth-order valence-corrected chi connectivity index (χ4v) is 4.30. The van der Waals surface area contributed by atoms with Gasteiger partial charge in [-0.15, -0.1) is 0 Å².